The minimum atomic E-state index is -0.275. The highest BCUT2D eigenvalue weighted by Gasteiger charge is 2.31. The van der Waals surface area contributed by atoms with Crippen molar-refractivity contribution >= 4 is 5.91 Å². The summed E-state index contributed by atoms with van der Waals surface area (Å²) < 4.78 is 2.17. The molecule has 0 radical (unpaired) electrons. The average molecular weight is 339 g/mol. The van der Waals surface area contributed by atoms with Crippen LogP contribution in [0.4, 0.5) is 0 Å². The molecule has 2 aliphatic rings. The molecule has 1 aromatic carbocycles. The van der Waals surface area contributed by atoms with Crippen LogP contribution in [0.15, 0.2) is 30.3 Å². The van der Waals surface area contributed by atoms with Gasteiger partial charge in [0.25, 0.3) is 0 Å². The van der Waals surface area contributed by atoms with Crippen LogP contribution < -0.4 is 5.32 Å². The van der Waals surface area contributed by atoms with Gasteiger partial charge < -0.3 is 9.47 Å². The van der Waals surface area contributed by atoms with E-state index in [1.54, 1.807) is 0 Å². The Hall–Kier alpha value is -2.21. The van der Waals surface area contributed by atoms with Gasteiger partial charge in [-0.3, -0.25) is 10.1 Å². The summed E-state index contributed by atoms with van der Waals surface area (Å²) in [5, 5.41) is 12.1. The number of benzene rings is 1. The zero-order valence-corrected chi connectivity index (χ0v) is 14.7. The van der Waals surface area contributed by atoms with Crippen LogP contribution in [0.3, 0.4) is 0 Å². The summed E-state index contributed by atoms with van der Waals surface area (Å²) in [6.07, 6.45) is 4.10. The third kappa shape index (κ3) is 3.31. The maximum Gasteiger partial charge on any atom is 0.244 e. The maximum atomic E-state index is 13.1. The highest BCUT2D eigenvalue weighted by atomic mass is 16.2. The van der Waals surface area contributed by atoms with E-state index in [1.807, 2.05) is 42.2 Å². The summed E-state index contributed by atoms with van der Waals surface area (Å²) in [6, 6.07) is 10.1. The topological polar surface area (TPSA) is 63.1 Å². The number of aromatic nitrogens is 3. The molecule has 1 aromatic heterocycles. The Balaban J connectivity index is 1.54. The lowest BCUT2D eigenvalue weighted by Crippen LogP contribution is -2.46. The Morgan fingerprint density at radius 1 is 1.20 bits per heavy atom. The Bertz CT molecular complexity index is 736. The van der Waals surface area contributed by atoms with E-state index in [0.717, 1.165) is 62.5 Å². The van der Waals surface area contributed by atoms with Gasteiger partial charge in [0, 0.05) is 32.1 Å². The normalized spacial score (nSPS) is 21.2. The lowest BCUT2D eigenvalue weighted by atomic mass is 10.0. The molecule has 0 unspecified atom stereocenters. The molecule has 4 rings (SSSR count). The Labute approximate surface area is 148 Å². The Kier molecular flexibility index (Phi) is 4.53. The van der Waals surface area contributed by atoms with Crippen molar-refractivity contribution in [2.24, 2.45) is 0 Å². The Morgan fingerprint density at radius 3 is 2.72 bits per heavy atom. The molecule has 1 N–H and O–H groups in total. The first-order valence-electron chi connectivity index (χ1n) is 9.21. The van der Waals surface area contributed by atoms with Gasteiger partial charge in [-0.2, -0.15) is 0 Å². The highest BCUT2D eigenvalue weighted by Crippen LogP contribution is 2.23. The van der Waals surface area contributed by atoms with Gasteiger partial charge in [-0.15, -0.1) is 10.2 Å². The van der Waals surface area contributed by atoms with Crippen molar-refractivity contribution in [1.29, 1.82) is 0 Å². The largest absolute Gasteiger partial charge is 0.341 e. The fourth-order valence-electron chi connectivity index (χ4n) is 3.91. The second kappa shape index (κ2) is 6.96. The van der Waals surface area contributed by atoms with Crippen molar-refractivity contribution in [2.45, 2.75) is 51.2 Å². The first-order chi connectivity index (χ1) is 12.2. The van der Waals surface area contributed by atoms with Crippen LogP contribution in [0.5, 0.6) is 0 Å². The molecule has 0 aliphatic carbocycles. The van der Waals surface area contributed by atoms with Crippen LogP contribution in [0.2, 0.25) is 0 Å². The summed E-state index contributed by atoms with van der Waals surface area (Å²) >= 11 is 0. The standard InChI is InChI=1S/C19H25N5O/c1-14-21-22-17-10-9-16(13-24(14)17)20-18(15-7-3-2-4-8-15)19(25)23-11-5-6-12-23/h2-4,7-8,16,18,20H,5-6,9-13H2,1H3/t16-,18+/m1/s1. The van der Waals surface area contributed by atoms with Crippen molar-refractivity contribution in [1.82, 2.24) is 25.0 Å². The molecule has 25 heavy (non-hydrogen) atoms. The third-order valence-corrected chi connectivity index (χ3v) is 5.33. The van der Waals surface area contributed by atoms with Gasteiger partial charge in [-0.05, 0) is 31.7 Å². The van der Waals surface area contributed by atoms with Crippen molar-refractivity contribution in [3.05, 3.63) is 47.5 Å². The molecule has 2 atom stereocenters. The number of fused-ring (bicyclic) bond motifs is 1. The van der Waals surface area contributed by atoms with E-state index < -0.39 is 0 Å². The van der Waals surface area contributed by atoms with Gasteiger partial charge in [-0.25, -0.2) is 0 Å². The third-order valence-electron chi connectivity index (χ3n) is 5.33. The first kappa shape index (κ1) is 16.3. The van der Waals surface area contributed by atoms with E-state index >= 15 is 0 Å². The molecule has 1 saturated heterocycles. The van der Waals surface area contributed by atoms with E-state index in [9.17, 15) is 4.79 Å². The van der Waals surface area contributed by atoms with E-state index in [-0.39, 0.29) is 18.0 Å². The molecule has 0 saturated carbocycles. The lowest BCUT2D eigenvalue weighted by molar-refractivity contribution is -0.132. The van der Waals surface area contributed by atoms with Gasteiger partial charge in [0.05, 0.1) is 0 Å². The van der Waals surface area contributed by atoms with E-state index in [2.05, 4.69) is 20.1 Å². The van der Waals surface area contributed by atoms with Crippen LogP contribution in [0.25, 0.3) is 0 Å². The number of rotatable bonds is 4. The van der Waals surface area contributed by atoms with Gasteiger partial charge in [0.2, 0.25) is 5.91 Å². The lowest BCUT2D eigenvalue weighted by Gasteiger charge is -2.31. The van der Waals surface area contributed by atoms with Crippen molar-refractivity contribution < 1.29 is 4.79 Å². The monoisotopic (exact) mass is 339 g/mol. The number of likely N-dealkylation sites (tertiary alicyclic amines) is 1. The first-order valence-corrected chi connectivity index (χ1v) is 9.21. The van der Waals surface area contributed by atoms with Gasteiger partial charge in [0.15, 0.2) is 0 Å². The molecule has 1 amide bonds. The molecule has 1 fully saturated rings. The summed E-state index contributed by atoms with van der Waals surface area (Å²) in [6.45, 7) is 4.57. The molecular weight excluding hydrogens is 314 g/mol. The number of carbonyl (C=O) groups is 1. The summed E-state index contributed by atoms with van der Waals surface area (Å²) in [5.41, 5.74) is 1.05. The van der Waals surface area contributed by atoms with Crippen LogP contribution in [0, 0.1) is 6.92 Å². The minimum Gasteiger partial charge on any atom is -0.341 e. The fraction of sp³-hybridized carbons (Fsp3) is 0.526. The number of hydrogen-bond donors (Lipinski definition) is 1. The average Bonchev–Trinajstić information content (AvgIpc) is 3.30. The predicted molar refractivity (Wildman–Crippen MR) is 95.0 cm³/mol. The molecule has 2 aliphatic heterocycles. The second-order valence-corrected chi connectivity index (χ2v) is 7.05. The SMILES string of the molecule is Cc1nnc2n1C[C@H](N[C@H](C(=O)N1CCCC1)c1ccccc1)CC2. The molecule has 3 heterocycles. The number of nitrogens with zero attached hydrogens (tertiary/aromatic N) is 4. The number of nitrogens with one attached hydrogen (secondary N) is 1. The summed E-state index contributed by atoms with van der Waals surface area (Å²) in [7, 11) is 0. The van der Waals surface area contributed by atoms with E-state index in [0.29, 0.717) is 0 Å². The van der Waals surface area contributed by atoms with Crippen molar-refractivity contribution in [3.63, 3.8) is 0 Å². The number of amides is 1. The smallest absolute Gasteiger partial charge is 0.244 e. The highest BCUT2D eigenvalue weighted by molar-refractivity contribution is 5.83. The minimum absolute atomic E-state index is 0.204. The molecule has 132 valence electrons. The molecular formula is C19H25N5O. The zero-order chi connectivity index (χ0) is 17.2. The number of aryl methyl sites for hydroxylation is 2. The molecule has 6 nitrogen and oxygen atoms in total. The van der Waals surface area contributed by atoms with Crippen LogP contribution in [-0.2, 0) is 17.8 Å². The maximum absolute atomic E-state index is 13.1. The fourth-order valence-corrected chi connectivity index (χ4v) is 3.91. The van der Waals surface area contributed by atoms with E-state index in [1.165, 1.54) is 0 Å². The second-order valence-electron chi connectivity index (χ2n) is 7.05. The van der Waals surface area contributed by atoms with Gasteiger partial charge in [0.1, 0.15) is 17.7 Å². The van der Waals surface area contributed by atoms with Crippen molar-refractivity contribution in [2.75, 3.05) is 13.1 Å². The quantitative estimate of drug-likeness (QED) is 0.923. The summed E-state index contributed by atoms with van der Waals surface area (Å²) in [5.74, 6) is 2.20. The van der Waals surface area contributed by atoms with Gasteiger partial charge in [-0.1, -0.05) is 30.3 Å². The zero-order valence-electron chi connectivity index (χ0n) is 14.7. The van der Waals surface area contributed by atoms with Crippen LogP contribution in [-0.4, -0.2) is 44.7 Å². The molecule has 0 spiro atoms. The molecule has 2 aromatic rings. The molecule has 0 bridgehead atoms. The van der Waals surface area contributed by atoms with E-state index in [4.69, 9.17) is 0 Å². The van der Waals surface area contributed by atoms with Crippen LogP contribution >= 0.6 is 0 Å². The summed E-state index contributed by atoms with van der Waals surface area (Å²) in [4.78, 5) is 15.1. The number of hydrogen-bond acceptors (Lipinski definition) is 4. The van der Waals surface area contributed by atoms with Crippen molar-refractivity contribution in [3.8, 4) is 0 Å². The van der Waals surface area contributed by atoms with Crippen LogP contribution in [0.1, 0.15) is 42.5 Å². The number of carbonyl (C=O) groups excluding carboxylic acids is 1. The Morgan fingerprint density at radius 2 is 1.96 bits per heavy atom. The van der Waals surface area contributed by atoms with Gasteiger partial charge >= 0.3 is 0 Å². The molecule has 6 heteroatoms. The predicted octanol–water partition coefficient (Wildman–Crippen LogP) is 1.85.